The minimum Gasteiger partial charge on any atom is -0.463 e. The van der Waals surface area contributed by atoms with Crippen LogP contribution in [0, 0.1) is 0 Å². The number of halogens is 1. The summed E-state index contributed by atoms with van der Waals surface area (Å²) in [5, 5.41) is 10.1. The number of nitrogens with zero attached hydrogens (tertiary/aromatic N) is 2. The maximum Gasteiger partial charge on any atom is 0.317 e. The molecule has 7 nitrogen and oxygen atoms in total. The van der Waals surface area contributed by atoms with Gasteiger partial charge in [-0.25, -0.2) is 0 Å². The van der Waals surface area contributed by atoms with Crippen LogP contribution >= 0.6 is 11.6 Å². The summed E-state index contributed by atoms with van der Waals surface area (Å²) in [5.74, 6) is 1.44. The fraction of sp³-hybridized carbons (Fsp3) is 0.300. The lowest BCUT2D eigenvalue weighted by Gasteiger charge is -2.12. The van der Waals surface area contributed by atoms with E-state index in [1.165, 1.54) is 0 Å². The monoisotopic (exact) mass is 401 g/mol. The molecule has 0 saturated carbocycles. The highest BCUT2D eigenvalue weighted by Gasteiger charge is 2.17. The maximum absolute atomic E-state index is 8.90. The van der Waals surface area contributed by atoms with Gasteiger partial charge in [0.15, 0.2) is 11.5 Å². The quantitative estimate of drug-likeness (QED) is 0.462. The molecule has 0 spiro atoms. The molecule has 3 N–H and O–H groups in total. The van der Waals surface area contributed by atoms with Crippen molar-refractivity contribution in [2.75, 3.05) is 25.7 Å². The molecule has 0 saturated heterocycles. The fourth-order valence-corrected chi connectivity index (χ4v) is 3.25. The topological polar surface area (TPSA) is 99.7 Å². The Morgan fingerprint density at radius 3 is 2.82 bits per heavy atom. The third kappa shape index (κ3) is 3.76. The van der Waals surface area contributed by atoms with E-state index in [9.17, 15) is 0 Å². The number of aliphatic hydroxyl groups excluding tert-OH is 1. The van der Waals surface area contributed by atoms with Crippen LogP contribution in [0.15, 0.2) is 30.3 Å². The number of aromatic nitrogens is 2. The van der Waals surface area contributed by atoms with Gasteiger partial charge >= 0.3 is 6.01 Å². The summed E-state index contributed by atoms with van der Waals surface area (Å²) >= 11 is 6.23. The molecular weight excluding hydrogens is 382 g/mol. The number of fused-ring (bicyclic) bond motifs is 2. The Hall–Kier alpha value is -2.77. The van der Waals surface area contributed by atoms with Crippen LogP contribution in [-0.4, -0.2) is 35.1 Å². The molecule has 28 heavy (non-hydrogen) atoms. The van der Waals surface area contributed by atoms with Crippen molar-refractivity contribution in [3.63, 3.8) is 0 Å². The molecule has 4 rings (SSSR count). The molecule has 3 aromatic rings. The van der Waals surface area contributed by atoms with E-state index in [0.29, 0.717) is 46.8 Å². The third-order valence-electron chi connectivity index (χ3n) is 4.50. The van der Waals surface area contributed by atoms with Crippen molar-refractivity contribution in [2.24, 2.45) is 0 Å². The Kier molecular flexibility index (Phi) is 5.36. The average Bonchev–Trinajstić information content (AvgIpc) is 3.16. The second-order valence-electron chi connectivity index (χ2n) is 6.45. The number of aliphatic hydroxyl groups is 1. The van der Waals surface area contributed by atoms with E-state index in [-0.39, 0.29) is 19.4 Å². The van der Waals surface area contributed by atoms with E-state index in [0.717, 1.165) is 23.4 Å². The van der Waals surface area contributed by atoms with Crippen LogP contribution in [0.1, 0.15) is 24.1 Å². The van der Waals surface area contributed by atoms with Gasteiger partial charge in [0, 0.05) is 18.4 Å². The lowest BCUT2D eigenvalue weighted by Crippen LogP contribution is -2.06. The van der Waals surface area contributed by atoms with Crippen LogP contribution in [0.25, 0.3) is 10.9 Å². The Bertz CT molecular complexity index is 1010. The number of nitrogens with two attached hydrogens (primary N) is 1. The predicted octanol–water partition coefficient (Wildman–Crippen LogP) is 3.34. The van der Waals surface area contributed by atoms with Gasteiger partial charge in [0.25, 0.3) is 0 Å². The molecule has 1 aliphatic rings. The minimum absolute atomic E-state index is 0.131. The van der Waals surface area contributed by atoms with E-state index in [1.54, 1.807) is 12.1 Å². The molecule has 2 heterocycles. The van der Waals surface area contributed by atoms with Crippen molar-refractivity contribution >= 4 is 28.2 Å². The second-order valence-corrected chi connectivity index (χ2v) is 6.86. The highest BCUT2D eigenvalue weighted by Crippen LogP contribution is 2.35. The average molecular weight is 402 g/mol. The van der Waals surface area contributed by atoms with E-state index >= 15 is 0 Å². The summed E-state index contributed by atoms with van der Waals surface area (Å²) in [5.41, 5.74) is 9.06. The number of nitrogen functional groups attached to an aromatic ring is 1. The highest BCUT2D eigenvalue weighted by atomic mass is 35.5. The van der Waals surface area contributed by atoms with Gasteiger partial charge < -0.3 is 25.1 Å². The van der Waals surface area contributed by atoms with Crippen molar-refractivity contribution in [3.8, 4) is 17.5 Å². The Labute approximate surface area is 167 Å². The molecule has 0 aliphatic carbocycles. The Morgan fingerprint density at radius 2 is 1.96 bits per heavy atom. The lowest BCUT2D eigenvalue weighted by molar-refractivity contribution is 0.174. The van der Waals surface area contributed by atoms with Crippen molar-refractivity contribution in [2.45, 2.75) is 19.3 Å². The van der Waals surface area contributed by atoms with Crippen LogP contribution in [0.2, 0.25) is 5.02 Å². The molecule has 0 unspecified atom stereocenters. The number of benzene rings is 2. The van der Waals surface area contributed by atoms with Gasteiger partial charge in [0.2, 0.25) is 6.79 Å². The van der Waals surface area contributed by atoms with Crippen LogP contribution < -0.4 is 19.9 Å². The molecule has 0 bridgehead atoms. The molecule has 0 amide bonds. The molecular formula is C20H20ClN3O4. The van der Waals surface area contributed by atoms with Gasteiger partial charge in [-0.1, -0.05) is 17.7 Å². The largest absolute Gasteiger partial charge is 0.463 e. The Morgan fingerprint density at radius 1 is 1.11 bits per heavy atom. The molecule has 8 heteroatoms. The molecule has 1 aliphatic heterocycles. The number of hydrogen-bond acceptors (Lipinski definition) is 7. The zero-order chi connectivity index (χ0) is 19.5. The number of hydrogen-bond donors (Lipinski definition) is 2. The summed E-state index contributed by atoms with van der Waals surface area (Å²) in [4.78, 5) is 9.04. The molecule has 0 atom stereocenters. The SMILES string of the molecule is Nc1c(Cl)ccc2nc(OCCCCO)nc(Cc3ccc4c(c3)OCO4)c12. The number of anilines is 1. The molecule has 0 radical (unpaired) electrons. The predicted molar refractivity (Wildman–Crippen MR) is 106 cm³/mol. The normalized spacial score (nSPS) is 12.5. The van der Waals surface area contributed by atoms with Crippen molar-refractivity contribution < 1.29 is 19.3 Å². The first-order chi connectivity index (χ1) is 13.7. The zero-order valence-electron chi connectivity index (χ0n) is 15.2. The van der Waals surface area contributed by atoms with Crippen LogP contribution in [-0.2, 0) is 6.42 Å². The fourth-order valence-electron chi connectivity index (χ4n) is 3.09. The minimum atomic E-state index is 0.131. The van der Waals surface area contributed by atoms with E-state index in [2.05, 4.69) is 9.97 Å². The summed E-state index contributed by atoms with van der Waals surface area (Å²) in [6, 6.07) is 9.57. The standard InChI is InChI=1S/C20H20ClN3O4/c21-13-4-5-14-18(19(13)22)15(24-20(23-14)26-8-2-1-7-25)9-12-3-6-16-17(10-12)28-11-27-16/h3-6,10,25H,1-2,7-9,11,22H2. The molecule has 2 aromatic carbocycles. The maximum atomic E-state index is 8.90. The molecule has 146 valence electrons. The van der Waals surface area contributed by atoms with Crippen LogP contribution in [0.4, 0.5) is 5.69 Å². The molecule has 1 aromatic heterocycles. The highest BCUT2D eigenvalue weighted by molar-refractivity contribution is 6.34. The summed E-state index contributed by atoms with van der Waals surface area (Å²) in [7, 11) is 0. The first kappa shape index (κ1) is 18.6. The molecule has 0 fully saturated rings. The summed E-state index contributed by atoms with van der Waals surface area (Å²) in [6.07, 6.45) is 1.89. The van der Waals surface area contributed by atoms with Gasteiger partial charge in [0.05, 0.1) is 28.5 Å². The van der Waals surface area contributed by atoms with Crippen LogP contribution in [0.3, 0.4) is 0 Å². The van der Waals surface area contributed by atoms with E-state index < -0.39 is 0 Å². The number of rotatable bonds is 7. The summed E-state index contributed by atoms with van der Waals surface area (Å²) in [6.45, 7) is 0.786. The first-order valence-electron chi connectivity index (χ1n) is 9.02. The lowest BCUT2D eigenvalue weighted by atomic mass is 10.0. The first-order valence-corrected chi connectivity index (χ1v) is 9.40. The summed E-state index contributed by atoms with van der Waals surface area (Å²) < 4.78 is 16.5. The van der Waals surface area contributed by atoms with Gasteiger partial charge in [-0.2, -0.15) is 9.97 Å². The second kappa shape index (κ2) is 8.08. The third-order valence-corrected chi connectivity index (χ3v) is 4.83. The van der Waals surface area contributed by atoms with Crippen LogP contribution in [0.5, 0.6) is 17.5 Å². The Balaban J connectivity index is 1.70. The van der Waals surface area contributed by atoms with Crippen molar-refractivity contribution in [1.82, 2.24) is 9.97 Å². The van der Waals surface area contributed by atoms with Gasteiger partial charge in [0.1, 0.15) is 0 Å². The van der Waals surface area contributed by atoms with Crippen molar-refractivity contribution in [1.29, 1.82) is 0 Å². The number of unbranched alkanes of at least 4 members (excludes halogenated alkanes) is 1. The van der Waals surface area contributed by atoms with Gasteiger partial charge in [-0.15, -0.1) is 0 Å². The van der Waals surface area contributed by atoms with E-state index in [1.807, 2.05) is 18.2 Å². The zero-order valence-corrected chi connectivity index (χ0v) is 15.9. The van der Waals surface area contributed by atoms with Crippen molar-refractivity contribution in [3.05, 3.63) is 46.6 Å². The number of ether oxygens (including phenoxy) is 3. The van der Waals surface area contributed by atoms with E-state index in [4.69, 9.17) is 36.7 Å². The van der Waals surface area contributed by atoms with Gasteiger partial charge in [-0.3, -0.25) is 0 Å². The van der Waals surface area contributed by atoms with Gasteiger partial charge in [-0.05, 0) is 42.7 Å². The smallest absolute Gasteiger partial charge is 0.317 e.